The van der Waals surface area contributed by atoms with E-state index in [2.05, 4.69) is 10.2 Å². The SMILES string of the molecule is NCC(=O)CC(=O)OC(=O)CC(=O)CNN. The maximum absolute atomic E-state index is 10.9. The van der Waals surface area contributed by atoms with E-state index in [1.54, 1.807) is 0 Å². The molecule has 0 unspecified atom stereocenters. The molecule has 0 heterocycles. The zero-order valence-corrected chi connectivity index (χ0v) is 8.52. The molecular weight excluding hydrogens is 218 g/mol. The molecule has 0 aromatic heterocycles. The summed E-state index contributed by atoms with van der Waals surface area (Å²) in [4.78, 5) is 43.4. The molecule has 0 fully saturated rings. The molecule has 0 spiro atoms. The number of carbonyl (C=O) groups excluding carboxylic acids is 4. The maximum atomic E-state index is 10.9. The molecule has 0 saturated heterocycles. The van der Waals surface area contributed by atoms with Crippen LogP contribution in [-0.4, -0.2) is 36.6 Å². The Morgan fingerprint density at radius 3 is 1.94 bits per heavy atom. The molecule has 0 saturated carbocycles. The van der Waals surface area contributed by atoms with Gasteiger partial charge in [0.25, 0.3) is 0 Å². The van der Waals surface area contributed by atoms with Gasteiger partial charge < -0.3 is 10.5 Å². The van der Waals surface area contributed by atoms with Crippen LogP contribution in [0, 0.1) is 0 Å². The van der Waals surface area contributed by atoms with E-state index < -0.39 is 36.3 Å². The molecule has 8 nitrogen and oxygen atoms in total. The number of hydrogen-bond donors (Lipinski definition) is 3. The molecule has 0 aliphatic heterocycles. The summed E-state index contributed by atoms with van der Waals surface area (Å²) >= 11 is 0. The van der Waals surface area contributed by atoms with Crippen molar-refractivity contribution < 1.29 is 23.9 Å². The van der Waals surface area contributed by atoms with Crippen molar-refractivity contribution in [2.24, 2.45) is 11.6 Å². The van der Waals surface area contributed by atoms with Gasteiger partial charge in [0.1, 0.15) is 12.8 Å². The molecular formula is C8H13N3O5. The van der Waals surface area contributed by atoms with E-state index in [4.69, 9.17) is 11.6 Å². The van der Waals surface area contributed by atoms with Crippen LogP contribution in [0.15, 0.2) is 0 Å². The molecule has 0 aromatic carbocycles. The van der Waals surface area contributed by atoms with Gasteiger partial charge in [0, 0.05) is 0 Å². The summed E-state index contributed by atoms with van der Waals surface area (Å²) in [6.45, 7) is -0.510. The summed E-state index contributed by atoms with van der Waals surface area (Å²) in [6, 6.07) is 0. The number of hydrazine groups is 1. The maximum Gasteiger partial charge on any atom is 0.321 e. The summed E-state index contributed by atoms with van der Waals surface area (Å²) in [5, 5.41) is 0. The van der Waals surface area contributed by atoms with Gasteiger partial charge >= 0.3 is 11.9 Å². The van der Waals surface area contributed by atoms with Gasteiger partial charge in [0.2, 0.25) is 0 Å². The van der Waals surface area contributed by atoms with Crippen molar-refractivity contribution in [1.82, 2.24) is 5.43 Å². The normalized spacial score (nSPS) is 9.62. The predicted octanol–water partition coefficient (Wildman–Crippen LogP) is -2.60. The van der Waals surface area contributed by atoms with Crippen LogP contribution in [0.4, 0.5) is 0 Å². The summed E-state index contributed by atoms with van der Waals surface area (Å²) in [5.74, 6) is 1.73. The van der Waals surface area contributed by atoms with Crippen LogP contribution >= 0.6 is 0 Å². The van der Waals surface area contributed by atoms with Gasteiger partial charge in [-0.1, -0.05) is 0 Å². The standard InChI is InChI=1S/C8H13N3O5/c9-3-5(12)1-7(14)16-8(15)2-6(13)4-11-10/h11H,1-4,9-10H2. The molecule has 0 radical (unpaired) electrons. The van der Waals surface area contributed by atoms with Crippen molar-refractivity contribution in [3.8, 4) is 0 Å². The fourth-order valence-electron chi connectivity index (χ4n) is 0.770. The molecule has 0 amide bonds. The van der Waals surface area contributed by atoms with Gasteiger partial charge in [0.15, 0.2) is 11.6 Å². The average Bonchev–Trinajstić information content (AvgIpc) is 2.16. The molecule has 5 N–H and O–H groups in total. The second-order valence-corrected chi connectivity index (χ2v) is 2.86. The highest BCUT2D eigenvalue weighted by Gasteiger charge is 2.16. The molecule has 0 rings (SSSR count). The average molecular weight is 231 g/mol. The van der Waals surface area contributed by atoms with E-state index in [9.17, 15) is 19.2 Å². The van der Waals surface area contributed by atoms with Gasteiger partial charge in [-0.3, -0.25) is 30.4 Å². The van der Waals surface area contributed by atoms with Crippen molar-refractivity contribution in [2.45, 2.75) is 12.8 Å². The van der Waals surface area contributed by atoms with E-state index in [1.165, 1.54) is 0 Å². The monoisotopic (exact) mass is 231 g/mol. The van der Waals surface area contributed by atoms with Crippen LogP contribution in [0.1, 0.15) is 12.8 Å². The largest absolute Gasteiger partial charge is 0.392 e. The Hall–Kier alpha value is -1.64. The van der Waals surface area contributed by atoms with Gasteiger partial charge in [-0.25, -0.2) is 0 Å². The fourth-order valence-corrected chi connectivity index (χ4v) is 0.770. The number of nitrogens with two attached hydrogens (primary N) is 2. The first kappa shape index (κ1) is 14.4. The van der Waals surface area contributed by atoms with Crippen LogP contribution in [-0.2, 0) is 23.9 Å². The van der Waals surface area contributed by atoms with E-state index >= 15 is 0 Å². The number of carbonyl (C=O) groups is 4. The van der Waals surface area contributed by atoms with E-state index in [0.717, 1.165) is 0 Å². The van der Waals surface area contributed by atoms with Crippen molar-refractivity contribution in [3.63, 3.8) is 0 Å². The molecule has 0 aliphatic carbocycles. The molecule has 90 valence electrons. The van der Waals surface area contributed by atoms with E-state index in [0.29, 0.717) is 0 Å². The van der Waals surface area contributed by atoms with Crippen LogP contribution in [0.2, 0.25) is 0 Å². The summed E-state index contributed by atoms with van der Waals surface area (Å²) in [5.41, 5.74) is 7.01. The van der Waals surface area contributed by atoms with Gasteiger partial charge in [0.05, 0.1) is 13.1 Å². The van der Waals surface area contributed by atoms with E-state index in [1.807, 2.05) is 0 Å². The van der Waals surface area contributed by atoms with Crippen molar-refractivity contribution in [2.75, 3.05) is 13.1 Å². The second kappa shape index (κ2) is 7.63. The lowest BCUT2D eigenvalue weighted by molar-refractivity contribution is -0.160. The molecule has 0 aromatic rings. The Balaban J connectivity index is 3.91. The Bertz CT molecular complexity index is 302. The lowest BCUT2D eigenvalue weighted by Crippen LogP contribution is -2.31. The Kier molecular flexibility index (Phi) is 6.84. The van der Waals surface area contributed by atoms with Crippen LogP contribution in [0.25, 0.3) is 0 Å². The highest BCUT2D eigenvalue weighted by Crippen LogP contribution is 1.93. The number of esters is 2. The summed E-state index contributed by atoms with van der Waals surface area (Å²) in [6.07, 6.45) is -1.15. The quantitative estimate of drug-likeness (QED) is 0.187. The van der Waals surface area contributed by atoms with Crippen LogP contribution < -0.4 is 17.0 Å². The summed E-state index contributed by atoms with van der Waals surface area (Å²) in [7, 11) is 0. The highest BCUT2D eigenvalue weighted by atomic mass is 16.6. The third kappa shape index (κ3) is 6.76. The predicted molar refractivity (Wildman–Crippen MR) is 51.6 cm³/mol. The Labute approximate surface area is 91.3 Å². The summed E-state index contributed by atoms with van der Waals surface area (Å²) < 4.78 is 4.20. The third-order valence-electron chi connectivity index (χ3n) is 1.44. The zero-order chi connectivity index (χ0) is 12.6. The van der Waals surface area contributed by atoms with E-state index in [-0.39, 0.29) is 13.1 Å². The van der Waals surface area contributed by atoms with Gasteiger partial charge in [-0.15, -0.1) is 0 Å². The second-order valence-electron chi connectivity index (χ2n) is 2.86. The van der Waals surface area contributed by atoms with Crippen LogP contribution in [0.5, 0.6) is 0 Å². The van der Waals surface area contributed by atoms with Crippen LogP contribution in [0.3, 0.4) is 0 Å². The first-order valence-corrected chi connectivity index (χ1v) is 4.40. The number of Topliss-reactive ketones (excluding diaryl/α,β-unsaturated/α-hetero) is 2. The van der Waals surface area contributed by atoms with Gasteiger partial charge in [-0.05, 0) is 0 Å². The number of ketones is 2. The topological polar surface area (TPSA) is 142 Å². The number of rotatable bonds is 7. The minimum absolute atomic E-state index is 0.203. The Morgan fingerprint density at radius 1 is 1.00 bits per heavy atom. The number of hydrogen-bond acceptors (Lipinski definition) is 8. The first-order chi connectivity index (χ1) is 7.49. The lowest BCUT2D eigenvalue weighted by Gasteiger charge is -2.01. The van der Waals surface area contributed by atoms with Crippen molar-refractivity contribution in [3.05, 3.63) is 0 Å². The molecule has 0 bridgehead atoms. The number of ether oxygens (including phenoxy) is 1. The third-order valence-corrected chi connectivity index (χ3v) is 1.44. The molecule has 8 heteroatoms. The van der Waals surface area contributed by atoms with Gasteiger partial charge in [-0.2, -0.15) is 0 Å². The number of nitrogens with one attached hydrogen (secondary N) is 1. The smallest absolute Gasteiger partial charge is 0.321 e. The minimum atomic E-state index is -1.02. The molecule has 16 heavy (non-hydrogen) atoms. The fraction of sp³-hybridized carbons (Fsp3) is 0.500. The zero-order valence-electron chi connectivity index (χ0n) is 8.52. The minimum Gasteiger partial charge on any atom is -0.392 e. The van der Waals surface area contributed by atoms with Crippen molar-refractivity contribution >= 4 is 23.5 Å². The molecule has 0 aliphatic rings. The highest BCUT2D eigenvalue weighted by molar-refractivity contribution is 6.03. The Morgan fingerprint density at radius 2 is 1.50 bits per heavy atom. The van der Waals surface area contributed by atoms with Crippen molar-refractivity contribution in [1.29, 1.82) is 0 Å². The lowest BCUT2D eigenvalue weighted by atomic mass is 10.3. The first-order valence-electron chi connectivity index (χ1n) is 4.40. The molecule has 0 atom stereocenters.